The van der Waals surface area contributed by atoms with Gasteiger partial charge in [0.15, 0.2) is 0 Å². The lowest BCUT2D eigenvalue weighted by atomic mass is 10.1. The van der Waals surface area contributed by atoms with E-state index in [1.54, 1.807) is 0 Å². The van der Waals surface area contributed by atoms with Gasteiger partial charge in [-0.2, -0.15) is 5.26 Å². The predicted octanol–water partition coefficient (Wildman–Crippen LogP) is 2.79. The van der Waals surface area contributed by atoms with Crippen LogP contribution in [0.2, 0.25) is 0 Å². The van der Waals surface area contributed by atoms with Gasteiger partial charge < -0.3 is 4.90 Å². The summed E-state index contributed by atoms with van der Waals surface area (Å²) in [5, 5.41) is 8.96. The molecule has 0 N–H and O–H groups in total. The number of carbonyl (C=O) groups is 1. The van der Waals surface area contributed by atoms with E-state index in [1.807, 2.05) is 41.1 Å². The number of rotatable bonds is 2. The van der Waals surface area contributed by atoms with Crippen LogP contribution in [0.25, 0.3) is 0 Å². The number of likely N-dealkylation sites (N-methyl/N-ethyl adjacent to an activating group) is 1. The van der Waals surface area contributed by atoms with Crippen LogP contribution >= 0.6 is 15.9 Å². The van der Waals surface area contributed by atoms with Crippen LogP contribution in [0.1, 0.15) is 19.8 Å². The van der Waals surface area contributed by atoms with Crippen molar-refractivity contribution >= 4 is 27.5 Å². The third kappa shape index (κ3) is 3.02. The average molecular weight is 336 g/mol. The van der Waals surface area contributed by atoms with Crippen LogP contribution in [0.5, 0.6) is 0 Å². The van der Waals surface area contributed by atoms with Gasteiger partial charge >= 0.3 is 0 Å². The first kappa shape index (κ1) is 15.0. The molecule has 5 heteroatoms. The van der Waals surface area contributed by atoms with Crippen molar-refractivity contribution in [3.63, 3.8) is 0 Å². The van der Waals surface area contributed by atoms with E-state index in [0.717, 1.165) is 23.1 Å². The lowest BCUT2D eigenvalue weighted by Crippen LogP contribution is -2.46. The maximum absolute atomic E-state index is 12.8. The molecule has 0 saturated carbocycles. The van der Waals surface area contributed by atoms with E-state index >= 15 is 0 Å². The highest BCUT2D eigenvalue weighted by molar-refractivity contribution is 9.10. The second kappa shape index (κ2) is 6.38. The smallest absolute Gasteiger partial charge is 0.245 e. The van der Waals surface area contributed by atoms with Gasteiger partial charge in [-0.3, -0.25) is 9.69 Å². The minimum Gasteiger partial charge on any atom is -0.308 e. The number of halogens is 1. The molecule has 1 heterocycles. The van der Waals surface area contributed by atoms with Crippen LogP contribution in [0.4, 0.5) is 5.69 Å². The molecule has 1 aromatic rings. The van der Waals surface area contributed by atoms with E-state index in [1.165, 1.54) is 0 Å². The van der Waals surface area contributed by atoms with E-state index < -0.39 is 0 Å². The molecule has 1 fully saturated rings. The maximum Gasteiger partial charge on any atom is 0.245 e. The van der Waals surface area contributed by atoms with Gasteiger partial charge in [0, 0.05) is 22.7 Å². The van der Waals surface area contributed by atoms with Gasteiger partial charge in [-0.05, 0) is 38.6 Å². The van der Waals surface area contributed by atoms with Gasteiger partial charge in [0.05, 0.1) is 12.5 Å². The number of benzene rings is 1. The minimum absolute atomic E-state index is 0.0113. The molecule has 0 aromatic heterocycles. The Morgan fingerprint density at radius 2 is 2.25 bits per heavy atom. The van der Waals surface area contributed by atoms with Gasteiger partial charge in [0.2, 0.25) is 5.91 Å². The average Bonchev–Trinajstić information content (AvgIpc) is 2.51. The second-order valence-electron chi connectivity index (χ2n) is 5.18. The Labute approximate surface area is 128 Å². The highest BCUT2D eigenvalue weighted by Gasteiger charge is 2.34. The first-order chi connectivity index (χ1) is 9.54. The zero-order chi connectivity index (χ0) is 14.7. The van der Waals surface area contributed by atoms with E-state index in [4.69, 9.17) is 5.26 Å². The van der Waals surface area contributed by atoms with Crippen LogP contribution in [-0.4, -0.2) is 36.5 Å². The number of hydrogen-bond acceptors (Lipinski definition) is 3. The third-order valence-corrected chi connectivity index (χ3v) is 4.26. The summed E-state index contributed by atoms with van der Waals surface area (Å²) >= 11 is 3.45. The zero-order valence-electron chi connectivity index (χ0n) is 11.7. The Morgan fingerprint density at radius 3 is 2.90 bits per heavy atom. The molecule has 2 rings (SSSR count). The minimum atomic E-state index is -0.357. The van der Waals surface area contributed by atoms with Gasteiger partial charge in [-0.25, -0.2) is 0 Å². The van der Waals surface area contributed by atoms with E-state index in [0.29, 0.717) is 0 Å². The number of hydrogen-bond donors (Lipinski definition) is 0. The molecule has 4 nitrogen and oxygen atoms in total. The Hall–Kier alpha value is -1.38. The number of amides is 1. The summed E-state index contributed by atoms with van der Waals surface area (Å²) < 4.78 is 0.949. The Kier molecular flexibility index (Phi) is 4.79. The van der Waals surface area contributed by atoms with Crippen molar-refractivity contribution in [2.75, 3.05) is 18.5 Å². The number of nitriles is 1. The first-order valence-electron chi connectivity index (χ1n) is 6.70. The van der Waals surface area contributed by atoms with Crippen LogP contribution in [0.15, 0.2) is 28.7 Å². The maximum atomic E-state index is 12.8. The number of carbonyl (C=O) groups excluding carboxylic acids is 1. The van der Waals surface area contributed by atoms with Crippen molar-refractivity contribution in [3.8, 4) is 6.07 Å². The van der Waals surface area contributed by atoms with Crippen molar-refractivity contribution in [1.29, 1.82) is 5.26 Å². The van der Waals surface area contributed by atoms with Crippen LogP contribution in [0, 0.1) is 11.3 Å². The van der Waals surface area contributed by atoms with Crippen LogP contribution < -0.4 is 4.90 Å². The molecule has 106 valence electrons. The summed E-state index contributed by atoms with van der Waals surface area (Å²) in [6.45, 7) is 2.88. The SMILES string of the molecule is CC1CCN(C)C(CC#N)C(=O)N1c1cccc(Br)c1. The summed E-state index contributed by atoms with van der Waals surface area (Å²) in [7, 11) is 1.91. The van der Waals surface area contributed by atoms with Crippen molar-refractivity contribution in [3.05, 3.63) is 28.7 Å². The largest absolute Gasteiger partial charge is 0.308 e. The Bertz CT molecular complexity index is 540. The van der Waals surface area contributed by atoms with Crippen molar-refractivity contribution in [2.24, 2.45) is 0 Å². The summed E-state index contributed by atoms with van der Waals surface area (Å²) in [5.41, 5.74) is 0.884. The standard InChI is InChI=1S/C15H18BrN3O/c1-11-7-9-18(2)14(6-8-17)15(20)19(11)13-5-3-4-12(16)10-13/h3-5,10-11,14H,6-7,9H2,1-2H3. The van der Waals surface area contributed by atoms with Gasteiger partial charge in [0.25, 0.3) is 0 Å². The fourth-order valence-corrected chi connectivity index (χ4v) is 2.97. The van der Waals surface area contributed by atoms with Crippen molar-refractivity contribution in [2.45, 2.75) is 31.8 Å². The lowest BCUT2D eigenvalue weighted by Gasteiger charge is -2.30. The summed E-state index contributed by atoms with van der Waals surface area (Å²) in [4.78, 5) is 16.6. The third-order valence-electron chi connectivity index (χ3n) is 3.77. The summed E-state index contributed by atoms with van der Waals surface area (Å²) in [6, 6.07) is 9.65. The molecular weight excluding hydrogens is 318 g/mol. The van der Waals surface area contributed by atoms with Crippen LogP contribution in [0.3, 0.4) is 0 Å². The van der Waals surface area contributed by atoms with Crippen LogP contribution in [-0.2, 0) is 4.79 Å². The zero-order valence-corrected chi connectivity index (χ0v) is 13.3. The van der Waals surface area contributed by atoms with E-state index in [-0.39, 0.29) is 24.4 Å². The molecule has 1 aliphatic heterocycles. The molecule has 0 aliphatic carbocycles. The van der Waals surface area contributed by atoms with Crippen molar-refractivity contribution in [1.82, 2.24) is 4.90 Å². The molecule has 20 heavy (non-hydrogen) atoms. The Morgan fingerprint density at radius 1 is 1.50 bits per heavy atom. The van der Waals surface area contributed by atoms with E-state index in [2.05, 4.69) is 28.9 Å². The highest BCUT2D eigenvalue weighted by Crippen LogP contribution is 2.27. The highest BCUT2D eigenvalue weighted by atomic mass is 79.9. The lowest BCUT2D eigenvalue weighted by molar-refractivity contribution is -0.122. The van der Waals surface area contributed by atoms with Gasteiger partial charge in [-0.1, -0.05) is 22.0 Å². The molecule has 1 aromatic carbocycles. The quantitative estimate of drug-likeness (QED) is 0.834. The molecule has 0 radical (unpaired) electrons. The molecule has 1 amide bonds. The van der Waals surface area contributed by atoms with Gasteiger partial charge in [-0.15, -0.1) is 0 Å². The fourth-order valence-electron chi connectivity index (χ4n) is 2.58. The normalized spacial score (nSPS) is 24.3. The molecule has 1 aliphatic rings. The topological polar surface area (TPSA) is 47.3 Å². The monoisotopic (exact) mass is 335 g/mol. The van der Waals surface area contributed by atoms with Gasteiger partial charge in [0.1, 0.15) is 6.04 Å². The Balaban J connectivity index is 2.38. The molecule has 0 bridgehead atoms. The molecular formula is C15H18BrN3O. The summed E-state index contributed by atoms with van der Waals surface area (Å²) in [5.74, 6) is 0.0113. The fraction of sp³-hybridized carbons (Fsp3) is 0.467. The van der Waals surface area contributed by atoms with E-state index in [9.17, 15) is 4.79 Å². The number of nitrogens with zero attached hydrogens (tertiary/aromatic N) is 3. The number of anilines is 1. The first-order valence-corrected chi connectivity index (χ1v) is 7.49. The molecule has 0 spiro atoms. The molecule has 2 atom stereocenters. The second-order valence-corrected chi connectivity index (χ2v) is 6.10. The predicted molar refractivity (Wildman–Crippen MR) is 82.4 cm³/mol. The molecule has 1 saturated heterocycles. The van der Waals surface area contributed by atoms with Crippen molar-refractivity contribution < 1.29 is 4.79 Å². The molecule has 2 unspecified atom stereocenters. The summed E-state index contributed by atoms with van der Waals surface area (Å²) in [6.07, 6.45) is 1.13.